The first-order chi connectivity index (χ1) is 7.51. The Labute approximate surface area is 93.3 Å². The van der Waals surface area contributed by atoms with E-state index in [1.165, 1.54) is 0 Å². The van der Waals surface area contributed by atoms with Crippen LogP contribution in [0.3, 0.4) is 0 Å². The van der Waals surface area contributed by atoms with Crippen molar-refractivity contribution < 1.29 is 30.3 Å². The van der Waals surface area contributed by atoms with E-state index in [0.29, 0.717) is 0 Å². The molecule has 0 bridgehead atoms. The highest BCUT2D eigenvalue weighted by atomic mass is 16.6. The topological polar surface area (TPSA) is 122 Å². The van der Waals surface area contributed by atoms with E-state index in [1.807, 2.05) is 0 Å². The first-order valence-electron chi connectivity index (χ1n) is 5.17. The maximum absolute atomic E-state index is 9.68. The Balaban J connectivity index is 2.73. The second kappa shape index (κ2) is 5.87. The molecule has 1 saturated heterocycles. The van der Waals surface area contributed by atoms with E-state index in [2.05, 4.69) is 5.32 Å². The molecule has 0 aromatic heterocycles. The quantitative estimate of drug-likeness (QED) is 0.304. The fourth-order valence-corrected chi connectivity index (χ4v) is 1.87. The van der Waals surface area contributed by atoms with Crippen LogP contribution in [-0.2, 0) is 4.74 Å². The van der Waals surface area contributed by atoms with Gasteiger partial charge in [-0.2, -0.15) is 0 Å². The molecule has 96 valence electrons. The SMILES string of the molecule is CNC1C(O)CC(O)OC1C(O)C(O)CO. The van der Waals surface area contributed by atoms with E-state index in [1.54, 1.807) is 7.05 Å². The lowest BCUT2D eigenvalue weighted by Gasteiger charge is -2.40. The maximum Gasteiger partial charge on any atom is 0.157 e. The van der Waals surface area contributed by atoms with E-state index in [4.69, 9.17) is 9.84 Å². The second-order valence-corrected chi connectivity index (χ2v) is 3.91. The summed E-state index contributed by atoms with van der Waals surface area (Å²) in [5.41, 5.74) is 0. The highest BCUT2D eigenvalue weighted by Crippen LogP contribution is 2.22. The van der Waals surface area contributed by atoms with Crippen molar-refractivity contribution in [2.75, 3.05) is 13.7 Å². The predicted molar refractivity (Wildman–Crippen MR) is 53.5 cm³/mol. The van der Waals surface area contributed by atoms with Crippen molar-refractivity contribution in [1.29, 1.82) is 0 Å². The molecule has 1 aliphatic rings. The molecular formula is C9H19NO6. The minimum atomic E-state index is -1.38. The summed E-state index contributed by atoms with van der Waals surface area (Å²) < 4.78 is 5.06. The van der Waals surface area contributed by atoms with Gasteiger partial charge in [-0.1, -0.05) is 0 Å². The summed E-state index contributed by atoms with van der Waals surface area (Å²) in [5, 5.41) is 49.4. The van der Waals surface area contributed by atoms with Crippen LogP contribution in [0.1, 0.15) is 6.42 Å². The zero-order chi connectivity index (χ0) is 12.3. The van der Waals surface area contributed by atoms with Gasteiger partial charge in [-0.25, -0.2) is 0 Å². The molecule has 6 unspecified atom stereocenters. The molecule has 0 aromatic carbocycles. The highest BCUT2D eigenvalue weighted by Gasteiger charge is 2.42. The van der Waals surface area contributed by atoms with Crippen LogP contribution >= 0.6 is 0 Å². The van der Waals surface area contributed by atoms with Gasteiger partial charge in [0.15, 0.2) is 6.29 Å². The third kappa shape index (κ3) is 2.89. The summed E-state index contributed by atoms with van der Waals surface area (Å²) >= 11 is 0. The minimum Gasteiger partial charge on any atom is -0.394 e. The molecule has 1 fully saturated rings. The Morgan fingerprint density at radius 1 is 1.38 bits per heavy atom. The molecule has 6 N–H and O–H groups in total. The third-order valence-electron chi connectivity index (χ3n) is 2.78. The summed E-state index contributed by atoms with van der Waals surface area (Å²) in [7, 11) is 1.57. The third-order valence-corrected chi connectivity index (χ3v) is 2.78. The lowest BCUT2D eigenvalue weighted by Crippen LogP contribution is -2.61. The van der Waals surface area contributed by atoms with Crippen LogP contribution in [0.25, 0.3) is 0 Å². The summed E-state index contributed by atoms with van der Waals surface area (Å²) in [6.07, 6.45) is -5.79. The summed E-state index contributed by atoms with van der Waals surface area (Å²) in [6, 6.07) is -0.611. The Hall–Kier alpha value is -0.280. The molecule has 0 spiro atoms. The Morgan fingerprint density at radius 2 is 2.00 bits per heavy atom. The fourth-order valence-electron chi connectivity index (χ4n) is 1.87. The molecule has 0 saturated carbocycles. The summed E-state index contributed by atoms with van der Waals surface area (Å²) in [6.45, 7) is -0.621. The predicted octanol–water partition coefficient (Wildman–Crippen LogP) is -3.24. The molecule has 7 heteroatoms. The second-order valence-electron chi connectivity index (χ2n) is 3.91. The number of ether oxygens (including phenoxy) is 1. The van der Waals surface area contributed by atoms with E-state index < -0.39 is 43.4 Å². The van der Waals surface area contributed by atoms with E-state index in [0.717, 1.165) is 0 Å². The molecule has 7 nitrogen and oxygen atoms in total. The number of rotatable bonds is 4. The van der Waals surface area contributed by atoms with Gasteiger partial charge in [-0.3, -0.25) is 0 Å². The van der Waals surface area contributed by atoms with Gasteiger partial charge in [0, 0.05) is 6.42 Å². The van der Waals surface area contributed by atoms with Gasteiger partial charge in [0.05, 0.1) is 18.8 Å². The number of hydrogen-bond acceptors (Lipinski definition) is 7. The van der Waals surface area contributed by atoms with Gasteiger partial charge in [0.25, 0.3) is 0 Å². The van der Waals surface area contributed by atoms with E-state index in [-0.39, 0.29) is 6.42 Å². The van der Waals surface area contributed by atoms with Gasteiger partial charge < -0.3 is 35.6 Å². The van der Waals surface area contributed by atoms with Crippen LogP contribution < -0.4 is 5.32 Å². The normalized spacial score (nSPS) is 39.4. The van der Waals surface area contributed by atoms with Crippen LogP contribution in [0.5, 0.6) is 0 Å². The maximum atomic E-state index is 9.68. The highest BCUT2D eigenvalue weighted by molar-refractivity contribution is 4.93. The number of aliphatic hydroxyl groups is 5. The molecule has 0 amide bonds. The number of likely N-dealkylation sites (N-methyl/N-ethyl adjacent to an activating group) is 1. The van der Waals surface area contributed by atoms with Crippen molar-refractivity contribution in [3.8, 4) is 0 Å². The molecule has 0 aliphatic carbocycles. The smallest absolute Gasteiger partial charge is 0.157 e. The lowest BCUT2D eigenvalue weighted by atomic mass is 9.92. The van der Waals surface area contributed by atoms with Gasteiger partial charge in [0.1, 0.15) is 18.3 Å². The van der Waals surface area contributed by atoms with Gasteiger partial charge >= 0.3 is 0 Å². The zero-order valence-corrected chi connectivity index (χ0v) is 9.02. The molecule has 6 atom stereocenters. The van der Waals surface area contributed by atoms with E-state index in [9.17, 15) is 20.4 Å². The van der Waals surface area contributed by atoms with Crippen molar-refractivity contribution in [3.05, 3.63) is 0 Å². The van der Waals surface area contributed by atoms with E-state index >= 15 is 0 Å². The first kappa shape index (κ1) is 13.8. The van der Waals surface area contributed by atoms with Crippen LogP contribution in [0, 0.1) is 0 Å². The van der Waals surface area contributed by atoms with Gasteiger partial charge in [-0.15, -0.1) is 0 Å². The van der Waals surface area contributed by atoms with Crippen LogP contribution in [0.15, 0.2) is 0 Å². The van der Waals surface area contributed by atoms with Crippen molar-refractivity contribution >= 4 is 0 Å². The largest absolute Gasteiger partial charge is 0.394 e. The van der Waals surface area contributed by atoms with Gasteiger partial charge in [0.2, 0.25) is 0 Å². The average Bonchev–Trinajstić information content (AvgIpc) is 2.26. The average molecular weight is 237 g/mol. The Bertz CT molecular complexity index is 216. The summed E-state index contributed by atoms with van der Waals surface area (Å²) in [5.74, 6) is 0. The van der Waals surface area contributed by atoms with Crippen molar-refractivity contribution in [2.24, 2.45) is 0 Å². The van der Waals surface area contributed by atoms with Crippen LogP contribution in [-0.4, -0.2) is 75.9 Å². The zero-order valence-electron chi connectivity index (χ0n) is 9.02. The standard InChI is InChI=1S/C9H19NO6/c1-10-7-4(12)2-6(14)16-9(7)8(15)5(13)3-11/h4-15H,2-3H2,1H3. The van der Waals surface area contributed by atoms with Crippen molar-refractivity contribution in [1.82, 2.24) is 5.32 Å². The molecule has 0 aromatic rings. The van der Waals surface area contributed by atoms with Crippen LogP contribution in [0.2, 0.25) is 0 Å². The Kier molecular flexibility index (Phi) is 5.06. The fraction of sp³-hybridized carbons (Fsp3) is 1.00. The van der Waals surface area contributed by atoms with Crippen molar-refractivity contribution in [2.45, 2.75) is 43.2 Å². The van der Waals surface area contributed by atoms with Gasteiger partial charge in [-0.05, 0) is 7.05 Å². The van der Waals surface area contributed by atoms with Crippen LogP contribution in [0.4, 0.5) is 0 Å². The lowest BCUT2D eigenvalue weighted by molar-refractivity contribution is -0.236. The minimum absolute atomic E-state index is 0.0317. The molecule has 0 radical (unpaired) electrons. The number of hydrogen-bond donors (Lipinski definition) is 6. The number of aliphatic hydroxyl groups excluding tert-OH is 5. The molecular weight excluding hydrogens is 218 g/mol. The first-order valence-corrected chi connectivity index (χ1v) is 5.17. The molecule has 1 aliphatic heterocycles. The number of nitrogens with one attached hydrogen (secondary N) is 1. The molecule has 16 heavy (non-hydrogen) atoms. The monoisotopic (exact) mass is 237 g/mol. The molecule has 1 rings (SSSR count). The van der Waals surface area contributed by atoms with Crippen molar-refractivity contribution in [3.63, 3.8) is 0 Å². The Morgan fingerprint density at radius 3 is 2.50 bits per heavy atom. The summed E-state index contributed by atoms with van der Waals surface area (Å²) in [4.78, 5) is 0. The molecule has 1 heterocycles.